The fourth-order valence-corrected chi connectivity index (χ4v) is 6.30. The smallest absolute Gasteiger partial charge is 0.416 e. The number of sulfonamides is 1. The van der Waals surface area contributed by atoms with E-state index in [1.54, 1.807) is 20.8 Å². The molecule has 1 aromatic carbocycles. The minimum Gasteiger partial charge on any atom is -0.443 e. The number of anilines is 2. The highest BCUT2D eigenvalue weighted by Crippen LogP contribution is 2.38. The molecule has 0 spiro atoms. The Balaban J connectivity index is 1.40. The lowest BCUT2D eigenvalue weighted by Gasteiger charge is -2.30. The number of urea groups is 1. The first-order valence-corrected chi connectivity index (χ1v) is 13.6. The van der Waals surface area contributed by atoms with Gasteiger partial charge in [0.15, 0.2) is 10.7 Å². The Morgan fingerprint density at radius 2 is 1.66 bits per heavy atom. The first kappa shape index (κ1) is 23.7. The van der Waals surface area contributed by atoms with Crippen LogP contribution < -0.4 is 14.9 Å². The quantitative estimate of drug-likeness (QED) is 0.664. The Labute approximate surface area is 205 Å². The number of aryl methyl sites for hydroxylation is 3. The van der Waals surface area contributed by atoms with Crippen molar-refractivity contribution in [3.63, 3.8) is 0 Å². The molecule has 1 aliphatic heterocycles. The summed E-state index contributed by atoms with van der Waals surface area (Å²) in [6.07, 6.45) is 6.85. The summed E-state index contributed by atoms with van der Waals surface area (Å²) >= 11 is 0. The second-order valence-corrected chi connectivity index (χ2v) is 12.0. The summed E-state index contributed by atoms with van der Waals surface area (Å²) in [7, 11) is -4.31. The van der Waals surface area contributed by atoms with E-state index in [9.17, 15) is 18.0 Å². The summed E-state index contributed by atoms with van der Waals surface area (Å²) in [4.78, 5) is 26.8. The second kappa shape index (κ2) is 8.54. The largest absolute Gasteiger partial charge is 0.443 e. The van der Waals surface area contributed by atoms with Crippen molar-refractivity contribution in [2.75, 3.05) is 16.8 Å². The van der Waals surface area contributed by atoms with Crippen molar-refractivity contribution >= 4 is 33.7 Å². The van der Waals surface area contributed by atoms with E-state index in [0.717, 1.165) is 55.3 Å². The van der Waals surface area contributed by atoms with Crippen LogP contribution in [0.15, 0.2) is 17.2 Å². The van der Waals surface area contributed by atoms with Crippen LogP contribution in [-0.2, 0) is 47.0 Å². The Bertz CT molecular complexity index is 1280. The highest BCUT2D eigenvalue weighted by atomic mass is 32.2. The van der Waals surface area contributed by atoms with Crippen LogP contribution >= 0.6 is 0 Å². The molecule has 1 aromatic heterocycles. The molecule has 0 radical (unpaired) electrons. The molecule has 0 bridgehead atoms. The zero-order chi connectivity index (χ0) is 25.0. The molecule has 11 heteroatoms. The van der Waals surface area contributed by atoms with Crippen LogP contribution in [0.5, 0.6) is 0 Å². The van der Waals surface area contributed by atoms with Crippen LogP contribution in [0.2, 0.25) is 0 Å². The van der Waals surface area contributed by atoms with Gasteiger partial charge >= 0.3 is 12.1 Å². The van der Waals surface area contributed by atoms with Crippen LogP contribution in [-0.4, -0.2) is 42.5 Å². The summed E-state index contributed by atoms with van der Waals surface area (Å²) in [5, 5.41) is 7.00. The third kappa shape index (κ3) is 4.49. The number of amides is 3. The van der Waals surface area contributed by atoms with Gasteiger partial charge in [0.2, 0.25) is 0 Å². The number of nitrogens with one attached hydrogen (secondary N) is 2. The zero-order valence-corrected chi connectivity index (χ0v) is 21.1. The summed E-state index contributed by atoms with van der Waals surface area (Å²) in [5.74, 6) is 0.104. The monoisotopic (exact) mass is 501 g/mol. The van der Waals surface area contributed by atoms with Crippen LogP contribution in [0, 0.1) is 0 Å². The minimum absolute atomic E-state index is 0.104. The highest BCUT2D eigenvalue weighted by Gasteiger charge is 2.36. The number of benzene rings is 1. The third-order valence-corrected chi connectivity index (χ3v) is 7.95. The molecule has 2 aromatic rings. The van der Waals surface area contributed by atoms with Crippen molar-refractivity contribution in [2.24, 2.45) is 0 Å². The van der Waals surface area contributed by atoms with Crippen molar-refractivity contribution < 1.29 is 22.7 Å². The molecule has 35 heavy (non-hydrogen) atoms. The van der Waals surface area contributed by atoms with Crippen molar-refractivity contribution in [1.82, 2.24) is 14.5 Å². The van der Waals surface area contributed by atoms with Crippen molar-refractivity contribution in [2.45, 2.75) is 82.8 Å². The van der Waals surface area contributed by atoms with Gasteiger partial charge in [-0.25, -0.2) is 27.4 Å². The summed E-state index contributed by atoms with van der Waals surface area (Å²) in [6, 6.07) is 1.42. The molecule has 5 rings (SSSR count). The minimum atomic E-state index is -4.31. The number of carbonyl (C=O) groups is 2. The Morgan fingerprint density at radius 1 is 1.00 bits per heavy atom. The predicted octanol–water partition coefficient (Wildman–Crippen LogP) is 3.52. The molecule has 2 aliphatic carbocycles. The Kier molecular flexibility index (Phi) is 5.77. The standard InChI is InChI=1S/C24H31N5O5S/c1-24(2,3)34-23(31)28-11-6-12-29-21(28)19(14-25-29)35(32,33)27-22(30)26-20-17-9-4-7-15(17)13-16-8-5-10-18(16)20/h13-14H,4-12H2,1-3H3,(H2,26,27,30). The first-order chi connectivity index (χ1) is 16.5. The van der Waals surface area contributed by atoms with Gasteiger partial charge in [-0.3, -0.25) is 4.90 Å². The highest BCUT2D eigenvalue weighted by molar-refractivity contribution is 7.90. The molecule has 0 saturated heterocycles. The van der Waals surface area contributed by atoms with Gasteiger partial charge in [0.05, 0.1) is 6.20 Å². The molecule has 0 atom stereocenters. The lowest BCUT2D eigenvalue weighted by Crippen LogP contribution is -2.42. The van der Waals surface area contributed by atoms with E-state index in [-0.39, 0.29) is 17.3 Å². The molecule has 0 saturated carbocycles. The number of nitrogens with zero attached hydrogens (tertiary/aromatic N) is 3. The molecule has 2 heterocycles. The van der Waals surface area contributed by atoms with Crippen molar-refractivity contribution in [1.29, 1.82) is 0 Å². The van der Waals surface area contributed by atoms with E-state index >= 15 is 0 Å². The van der Waals surface area contributed by atoms with Crippen LogP contribution in [0.4, 0.5) is 21.1 Å². The van der Waals surface area contributed by atoms with E-state index in [4.69, 9.17) is 4.74 Å². The number of fused-ring (bicyclic) bond motifs is 3. The van der Waals surface area contributed by atoms with E-state index in [2.05, 4.69) is 21.2 Å². The average molecular weight is 502 g/mol. The van der Waals surface area contributed by atoms with Gasteiger partial charge in [-0.15, -0.1) is 0 Å². The van der Waals surface area contributed by atoms with Gasteiger partial charge in [0, 0.05) is 18.8 Å². The van der Waals surface area contributed by atoms with E-state index in [1.807, 2.05) is 0 Å². The van der Waals surface area contributed by atoms with Crippen molar-refractivity contribution in [3.05, 3.63) is 34.5 Å². The van der Waals surface area contributed by atoms with Gasteiger partial charge < -0.3 is 10.1 Å². The van der Waals surface area contributed by atoms with Gasteiger partial charge in [-0.05, 0) is 88.0 Å². The van der Waals surface area contributed by atoms with Crippen LogP contribution in [0.25, 0.3) is 0 Å². The number of aromatic nitrogens is 2. The molecule has 3 aliphatic rings. The molecule has 0 unspecified atom stereocenters. The molecular formula is C24H31N5O5S. The Morgan fingerprint density at radius 3 is 2.29 bits per heavy atom. The topological polar surface area (TPSA) is 123 Å². The van der Waals surface area contributed by atoms with Gasteiger partial charge in [0.25, 0.3) is 10.0 Å². The van der Waals surface area contributed by atoms with Gasteiger partial charge in [0.1, 0.15) is 5.60 Å². The maximum Gasteiger partial charge on any atom is 0.416 e. The van der Waals surface area contributed by atoms with E-state index in [1.165, 1.54) is 26.9 Å². The van der Waals surface area contributed by atoms with Crippen LogP contribution in [0.1, 0.15) is 62.3 Å². The number of carbonyl (C=O) groups excluding carboxylic acids is 2. The van der Waals surface area contributed by atoms with Gasteiger partial charge in [-0.1, -0.05) is 6.07 Å². The summed E-state index contributed by atoms with van der Waals surface area (Å²) in [6.45, 7) is 5.97. The van der Waals surface area contributed by atoms with E-state index < -0.39 is 27.7 Å². The van der Waals surface area contributed by atoms with Crippen LogP contribution in [0.3, 0.4) is 0 Å². The number of rotatable bonds is 3. The molecule has 2 N–H and O–H groups in total. The summed E-state index contributed by atoms with van der Waals surface area (Å²) < 4.78 is 35.6. The van der Waals surface area contributed by atoms with Crippen molar-refractivity contribution in [3.8, 4) is 0 Å². The lowest BCUT2D eigenvalue weighted by molar-refractivity contribution is 0.0571. The number of hydrogen-bond acceptors (Lipinski definition) is 6. The normalized spacial score (nSPS) is 16.9. The average Bonchev–Trinajstić information content (AvgIpc) is 3.50. The second-order valence-electron chi connectivity index (χ2n) is 10.3. The fourth-order valence-electron chi connectivity index (χ4n) is 5.25. The zero-order valence-electron chi connectivity index (χ0n) is 20.3. The van der Waals surface area contributed by atoms with Gasteiger partial charge in [-0.2, -0.15) is 5.10 Å². The number of ether oxygens (including phenoxy) is 1. The first-order valence-electron chi connectivity index (χ1n) is 12.1. The Hall–Kier alpha value is -3.08. The maximum absolute atomic E-state index is 13.3. The maximum atomic E-state index is 13.3. The molecular weight excluding hydrogens is 470 g/mol. The summed E-state index contributed by atoms with van der Waals surface area (Å²) in [5.41, 5.74) is 4.71. The third-order valence-electron chi connectivity index (χ3n) is 6.63. The molecule has 10 nitrogen and oxygen atoms in total. The SMILES string of the molecule is CC(C)(C)OC(=O)N1CCCn2ncc(S(=O)(=O)NC(=O)Nc3c4c(cc5c3CCC5)CCC4)c21. The van der Waals surface area contributed by atoms with E-state index in [0.29, 0.717) is 13.0 Å². The molecule has 3 amide bonds. The molecule has 0 fully saturated rings. The predicted molar refractivity (Wildman–Crippen MR) is 130 cm³/mol. The number of hydrogen-bond donors (Lipinski definition) is 2. The fraction of sp³-hybridized carbons (Fsp3) is 0.542. The lowest BCUT2D eigenvalue weighted by atomic mass is 9.99. The molecule has 188 valence electrons.